The van der Waals surface area contributed by atoms with Crippen molar-refractivity contribution in [2.45, 2.75) is 26.3 Å². The molecule has 130 valence electrons. The number of nitrogens with two attached hydrogens (primary N) is 1. The molecule has 1 fully saturated rings. The van der Waals surface area contributed by atoms with Crippen LogP contribution in [0.3, 0.4) is 0 Å². The van der Waals surface area contributed by atoms with E-state index < -0.39 is 0 Å². The Kier molecular flexibility index (Phi) is 8.46. The van der Waals surface area contributed by atoms with Gasteiger partial charge in [0.15, 0.2) is 17.5 Å². The predicted molar refractivity (Wildman–Crippen MR) is 108 cm³/mol. The number of halogens is 2. The van der Waals surface area contributed by atoms with Crippen LogP contribution in [0.2, 0.25) is 0 Å². The molecule has 1 aliphatic rings. The van der Waals surface area contributed by atoms with Gasteiger partial charge in [-0.05, 0) is 36.5 Å². The van der Waals surface area contributed by atoms with Crippen molar-refractivity contribution in [1.29, 1.82) is 0 Å². The monoisotopic (exact) mass is 497 g/mol. The lowest BCUT2D eigenvalue weighted by molar-refractivity contribution is 0.270. The zero-order chi connectivity index (χ0) is 16.1. The van der Waals surface area contributed by atoms with Gasteiger partial charge < -0.3 is 20.1 Å². The number of nitrogens with zero attached hydrogens (tertiary/aromatic N) is 2. The summed E-state index contributed by atoms with van der Waals surface area (Å²) in [6.45, 7) is 4.75. The first-order valence-corrected chi connectivity index (χ1v) is 8.29. The van der Waals surface area contributed by atoms with Gasteiger partial charge in [0.25, 0.3) is 0 Å². The van der Waals surface area contributed by atoms with E-state index in [0.717, 1.165) is 23.1 Å². The van der Waals surface area contributed by atoms with E-state index in [1.165, 1.54) is 12.8 Å². The number of hydrogen-bond donors (Lipinski definition) is 1. The van der Waals surface area contributed by atoms with Gasteiger partial charge in [0.2, 0.25) is 0 Å². The highest BCUT2D eigenvalue weighted by Gasteiger charge is 2.17. The Morgan fingerprint density at radius 1 is 1.35 bits per heavy atom. The fourth-order valence-corrected chi connectivity index (χ4v) is 3.13. The first-order chi connectivity index (χ1) is 10.5. The Balaban J connectivity index is 0.00000264. The molecule has 0 aromatic heterocycles. The fourth-order valence-electron chi connectivity index (χ4n) is 2.68. The van der Waals surface area contributed by atoms with Crippen molar-refractivity contribution in [3.63, 3.8) is 0 Å². The van der Waals surface area contributed by atoms with Crippen LogP contribution in [0.1, 0.15) is 25.3 Å². The standard InChI is InChI=1S/C16H24BrN3O2.HI/c1-11-5-4-6-20(10-11)16(18)19-9-12-7-14(21-2)15(22-3)8-13(12)17;/h7-8,11H,4-6,9-10H2,1-3H3,(H2,18,19);1H. The lowest BCUT2D eigenvalue weighted by Gasteiger charge is -2.31. The molecule has 0 amide bonds. The Morgan fingerprint density at radius 2 is 2.00 bits per heavy atom. The number of methoxy groups -OCH3 is 2. The van der Waals surface area contributed by atoms with Crippen molar-refractivity contribution in [2.24, 2.45) is 16.6 Å². The lowest BCUT2D eigenvalue weighted by Crippen LogP contribution is -2.43. The van der Waals surface area contributed by atoms with E-state index in [-0.39, 0.29) is 24.0 Å². The zero-order valence-corrected chi connectivity index (χ0v) is 17.8. The number of aliphatic imine (C=N–C) groups is 1. The summed E-state index contributed by atoms with van der Waals surface area (Å²) in [5.41, 5.74) is 7.16. The molecule has 1 heterocycles. The molecule has 5 nitrogen and oxygen atoms in total. The van der Waals surface area contributed by atoms with Crippen molar-refractivity contribution in [2.75, 3.05) is 27.3 Å². The smallest absolute Gasteiger partial charge is 0.191 e. The van der Waals surface area contributed by atoms with Crippen LogP contribution in [-0.2, 0) is 6.54 Å². The normalized spacial score (nSPS) is 18.3. The second-order valence-corrected chi connectivity index (χ2v) is 6.52. The van der Waals surface area contributed by atoms with Gasteiger partial charge in [-0.15, -0.1) is 24.0 Å². The predicted octanol–water partition coefficient (Wildman–Crippen LogP) is 3.63. The summed E-state index contributed by atoms with van der Waals surface area (Å²) in [6, 6.07) is 3.82. The van der Waals surface area contributed by atoms with Gasteiger partial charge in [-0.3, -0.25) is 0 Å². The van der Waals surface area contributed by atoms with E-state index in [4.69, 9.17) is 15.2 Å². The third-order valence-electron chi connectivity index (χ3n) is 3.94. The van der Waals surface area contributed by atoms with Crippen LogP contribution >= 0.6 is 39.9 Å². The topological polar surface area (TPSA) is 60.1 Å². The first kappa shape index (κ1) is 20.3. The van der Waals surface area contributed by atoms with E-state index in [2.05, 4.69) is 32.7 Å². The zero-order valence-electron chi connectivity index (χ0n) is 13.8. The molecule has 1 aliphatic heterocycles. The molecule has 23 heavy (non-hydrogen) atoms. The molecular weight excluding hydrogens is 473 g/mol. The summed E-state index contributed by atoms with van der Waals surface area (Å²) in [5, 5.41) is 0. The number of hydrogen-bond acceptors (Lipinski definition) is 3. The van der Waals surface area contributed by atoms with Gasteiger partial charge in [-0.1, -0.05) is 22.9 Å². The maximum Gasteiger partial charge on any atom is 0.191 e. The van der Waals surface area contributed by atoms with E-state index in [1.54, 1.807) is 14.2 Å². The number of likely N-dealkylation sites (tertiary alicyclic amines) is 1. The quantitative estimate of drug-likeness (QED) is 0.392. The molecule has 1 aromatic carbocycles. The summed E-state index contributed by atoms with van der Waals surface area (Å²) in [6.07, 6.45) is 2.45. The Bertz CT molecular complexity index is 554. The summed E-state index contributed by atoms with van der Waals surface area (Å²) in [5.74, 6) is 2.68. The van der Waals surface area contributed by atoms with E-state index in [0.29, 0.717) is 29.9 Å². The SMILES string of the molecule is COc1cc(Br)c(CN=C(N)N2CCCC(C)C2)cc1OC.I. The molecule has 1 saturated heterocycles. The molecule has 1 unspecified atom stereocenters. The maximum absolute atomic E-state index is 6.14. The van der Waals surface area contributed by atoms with Crippen molar-refractivity contribution in [3.05, 3.63) is 22.2 Å². The number of rotatable bonds is 4. The highest BCUT2D eigenvalue weighted by atomic mass is 127. The third-order valence-corrected chi connectivity index (χ3v) is 4.68. The highest BCUT2D eigenvalue weighted by Crippen LogP contribution is 2.33. The molecular formula is C16H25BrIN3O2. The lowest BCUT2D eigenvalue weighted by atomic mass is 10.0. The largest absolute Gasteiger partial charge is 0.493 e. The molecule has 0 aliphatic carbocycles. The molecule has 1 atom stereocenters. The number of benzene rings is 1. The molecule has 2 rings (SSSR count). The molecule has 0 radical (unpaired) electrons. The van der Waals surface area contributed by atoms with Gasteiger partial charge in [-0.25, -0.2) is 4.99 Å². The van der Waals surface area contributed by atoms with Crippen molar-refractivity contribution in [3.8, 4) is 11.5 Å². The maximum atomic E-state index is 6.14. The van der Waals surface area contributed by atoms with Crippen LogP contribution in [-0.4, -0.2) is 38.2 Å². The van der Waals surface area contributed by atoms with E-state index >= 15 is 0 Å². The summed E-state index contributed by atoms with van der Waals surface area (Å²) in [4.78, 5) is 6.71. The summed E-state index contributed by atoms with van der Waals surface area (Å²) in [7, 11) is 3.25. The molecule has 0 saturated carbocycles. The highest BCUT2D eigenvalue weighted by molar-refractivity contribution is 14.0. The van der Waals surface area contributed by atoms with Crippen LogP contribution in [0.25, 0.3) is 0 Å². The van der Waals surface area contributed by atoms with Crippen molar-refractivity contribution >= 4 is 45.9 Å². The molecule has 0 bridgehead atoms. The number of ether oxygens (including phenoxy) is 2. The molecule has 7 heteroatoms. The van der Waals surface area contributed by atoms with Crippen molar-refractivity contribution < 1.29 is 9.47 Å². The molecule has 0 spiro atoms. The van der Waals surface area contributed by atoms with Gasteiger partial charge in [0.1, 0.15) is 0 Å². The van der Waals surface area contributed by atoms with Crippen molar-refractivity contribution in [1.82, 2.24) is 4.90 Å². The van der Waals surface area contributed by atoms with Crippen LogP contribution in [0.4, 0.5) is 0 Å². The van der Waals surface area contributed by atoms with Crippen LogP contribution in [0.15, 0.2) is 21.6 Å². The number of piperidine rings is 1. The minimum absolute atomic E-state index is 0. The Hall–Kier alpha value is -0.700. The van der Waals surface area contributed by atoms with Crippen LogP contribution in [0.5, 0.6) is 11.5 Å². The molecule has 2 N–H and O–H groups in total. The first-order valence-electron chi connectivity index (χ1n) is 7.50. The van der Waals surface area contributed by atoms with Gasteiger partial charge in [-0.2, -0.15) is 0 Å². The van der Waals surface area contributed by atoms with Gasteiger partial charge in [0.05, 0.1) is 20.8 Å². The average molecular weight is 498 g/mol. The van der Waals surface area contributed by atoms with Crippen LogP contribution < -0.4 is 15.2 Å². The Labute approximate surface area is 163 Å². The average Bonchev–Trinajstić information content (AvgIpc) is 2.53. The van der Waals surface area contributed by atoms with E-state index in [9.17, 15) is 0 Å². The second kappa shape index (κ2) is 9.56. The molecule has 1 aromatic rings. The minimum atomic E-state index is 0. The van der Waals surface area contributed by atoms with Gasteiger partial charge >= 0.3 is 0 Å². The summed E-state index contributed by atoms with van der Waals surface area (Å²) >= 11 is 3.55. The number of guanidine groups is 1. The second-order valence-electron chi connectivity index (χ2n) is 5.67. The minimum Gasteiger partial charge on any atom is -0.493 e. The summed E-state index contributed by atoms with van der Waals surface area (Å²) < 4.78 is 11.6. The fraction of sp³-hybridized carbons (Fsp3) is 0.562. The van der Waals surface area contributed by atoms with Crippen LogP contribution in [0, 0.1) is 5.92 Å². The van der Waals surface area contributed by atoms with Gasteiger partial charge in [0, 0.05) is 17.6 Å². The Morgan fingerprint density at radius 3 is 2.61 bits per heavy atom. The van der Waals surface area contributed by atoms with E-state index in [1.807, 2.05) is 12.1 Å². The third kappa shape index (κ3) is 5.41.